The lowest BCUT2D eigenvalue weighted by Gasteiger charge is -2.27. The third-order valence-electron chi connectivity index (χ3n) is 3.10. The molecule has 1 rings (SSSR count). The number of hydrogen-bond acceptors (Lipinski definition) is 4. The molecule has 7 heteroatoms. The van der Waals surface area contributed by atoms with Gasteiger partial charge in [-0.3, -0.25) is 14.5 Å². The first-order valence-corrected chi connectivity index (χ1v) is 7.34. The molecule has 0 saturated heterocycles. The van der Waals surface area contributed by atoms with Gasteiger partial charge >= 0.3 is 12.1 Å². The number of carbonyl (C=O) groups excluding carboxylic acids is 4. The Hall–Kier alpha value is -2.96. The summed E-state index contributed by atoms with van der Waals surface area (Å²) in [7, 11) is 2.98. The van der Waals surface area contributed by atoms with Crippen molar-refractivity contribution in [1.82, 2.24) is 14.7 Å². The van der Waals surface area contributed by atoms with Crippen molar-refractivity contribution in [2.24, 2.45) is 0 Å². The van der Waals surface area contributed by atoms with Crippen molar-refractivity contribution in [1.29, 1.82) is 0 Å². The minimum absolute atomic E-state index is 0.0703. The van der Waals surface area contributed by atoms with E-state index in [4.69, 9.17) is 0 Å². The monoisotopic (exact) mass is 330 g/mol. The highest BCUT2D eigenvalue weighted by Crippen LogP contribution is 2.06. The molecule has 0 aliphatic rings. The van der Waals surface area contributed by atoms with Crippen LogP contribution in [-0.4, -0.2) is 66.1 Å². The molecule has 0 aromatic heterocycles. The van der Waals surface area contributed by atoms with Crippen molar-refractivity contribution in [2.75, 3.05) is 27.2 Å². The van der Waals surface area contributed by atoms with Gasteiger partial charge in [-0.1, -0.05) is 30.3 Å². The van der Waals surface area contributed by atoms with Crippen LogP contribution in [0.4, 0.5) is 9.59 Å². The molecule has 0 spiro atoms. The lowest BCUT2D eigenvalue weighted by Crippen LogP contribution is -2.51. The van der Waals surface area contributed by atoms with Crippen LogP contribution in [0.1, 0.15) is 12.5 Å². The van der Waals surface area contributed by atoms with Crippen molar-refractivity contribution in [3.05, 3.63) is 42.0 Å². The Morgan fingerprint density at radius 2 is 1.67 bits per heavy atom. The van der Waals surface area contributed by atoms with E-state index in [-0.39, 0.29) is 6.54 Å². The first-order valence-electron chi connectivity index (χ1n) is 7.34. The van der Waals surface area contributed by atoms with Gasteiger partial charge in [0.25, 0.3) is 5.91 Å². The highest BCUT2D eigenvalue weighted by molar-refractivity contribution is 6.07. The quantitative estimate of drug-likeness (QED) is 0.771. The second kappa shape index (κ2) is 9.24. The van der Waals surface area contributed by atoms with Crippen molar-refractivity contribution < 1.29 is 19.2 Å². The summed E-state index contributed by atoms with van der Waals surface area (Å²) < 4.78 is 0. The summed E-state index contributed by atoms with van der Waals surface area (Å²) in [6, 6.07) is 7.59. The van der Waals surface area contributed by atoms with E-state index in [1.165, 1.54) is 37.4 Å². The molecule has 0 saturated carbocycles. The van der Waals surface area contributed by atoms with E-state index < -0.39 is 24.5 Å². The van der Waals surface area contributed by atoms with E-state index in [0.717, 1.165) is 10.5 Å². The fourth-order valence-corrected chi connectivity index (χ4v) is 1.87. The fourth-order valence-electron chi connectivity index (χ4n) is 1.87. The summed E-state index contributed by atoms with van der Waals surface area (Å²) in [6.45, 7) is 1.13. The average molecular weight is 330 g/mol. The Balaban J connectivity index is 2.97. The molecule has 5 amide bonds. The normalized spacial score (nSPS) is 10.3. The molecule has 0 atom stereocenters. The molecular weight excluding hydrogens is 310 g/mol. The lowest BCUT2D eigenvalue weighted by atomic mass is 10.2. The van der Waals surface area contributed by atoms with E-state index >= 15 is 0 Å². The number of imide groups is 2. The van der Waals surface area contributed by atoms with Crippen LogP contribution in [0.5, 0.6) is 0 Å². The van der Waals surface area contributed by atoms with Gasteiger partial charge in [0.2, 0.25) is 6.29 Å². The zero-order valence-electron chi connectivity index (χ0n) is 13.9. The molecule has 0 N–H and O–H groups in total. The van der Waals surface area contributed by atoms with Gasteiger partial charge in [-0.05, 0) is 18.6 Å². The predicted molar refractivity (Wildman–Crippen MR) is 89.7 cm³/mol. The molecule has 0 aliphatic heterocycles. The van der Waals surface area contributed by atoms with Gasteiger partial charge in [0.15, 0.2) is 0 Å². The van der Waals surface area contributed by atoms with Crippen LogP contribution in [0.3, 0.4) is 0 Å². The minimum Gasteiger partial charge on any atom is -0.330 e. The number of rotatable bonds is 5. The van der Waals surface area contributed by atoms with Crippen LogP contribution < -0.4 is 0 Å². The fraction of sp³-hybridized carbons (Fsp3) is 0.294. The zero-order chi connectivity index (χ0) is 18.1. The third kappa shape index (κ3) is 5.05. The van der Waals surface area contributed by atoms with Gasteiger partial charge in [-0.25, -0.2) is 14.5 Å². The molecule has 127 valence electrons. The largest absolute Gasteiger partial charge is 0.335 e. The van der Waals surface area contributed by atoms with Gasteiger partial charge in [0, 0.05) is 26.7 Å². The molecule has 1 aromatic rings. The number of hydrogen-bond donors (Lipinski definition) is 0. The number of nitrogens with zero attached hydrogens (tertiary/aromatic N) is 3. The molecule has 7 nitrogen and oxygen atoms in total. The third-order valence-corrected chi connectivity index (χ3v) is 3.10. The van der Waals surface area contributed by atoms with E-state index in [1.54, 1.807) is 31.2 Å². The maximum atomic E-state index is 12.4. The molecule has 1 radical (unpaired) electrons. The van der Waals surface area contributed by atoms with Gasteiger partial charge in [0.1, 0.15) is 0 Å². The Labute approximate surface area is 141 Å². The minimum atomic E-state index is -0.859. The molecular formula is C17H20N3O4. The molecule has 0 unspecified atom stereocenters. The topological polar surface area (TPSA) is 78.0 Å². The Morgan fingerprint density at radius 3 is 2.17 bits per heavy atom. The first kappa shape index (κ1) is 19.1. The molecule has 1 aromatic carbocycles. The van der Waals surface area contributed by atoms with Crippen LogP contribution in [0, 0.1) is 0 Å². The second-order valence-electron chi connectivity index (χ2n) is 5.02. The van der Waals surface area contributed by atoms with Gasteiger partial charge in [0.05, 0.1) is 6.54 Å². The summed E-state index contributed by atoms with van der Waals surface area (Å²) in [4.78, 5) is 50.2. The molecule has 24 heavy (non-hydrogen) atoms. The van der Waals surface area contributed by atoms with E-state index in [1.807, 2.05) is 6.07 Å². The second-order valence-corrected chi connectivity index (χ2v) is 5.02. The Bertz CT molecular complexity index is 626. The first-order chi connectivity index (χ1) is 11.4. The highest BCUT2D eigenvalue weighted by atomic mass is 16.2. The zero-order valence-corrected chi connectivity index (χ0v) is 13.9. The number of amides is 5. The van der Waals surface area contributed by atoms with Crippen molar-refractivity contribution in [3.63, 3.8) is 0 Å². The van der Waals surface area contributed by atoms with Crippen molar-refractivity contribution in [2.45, 2.75) is 6.92 Å². The number of carbonyl (C=O) groups is 3. The van der Waals surface area contributed by atoms with E-state index in [0.29, 0.717) is 4.90 Å². The summed E-state index contributed by atoms with van der Waals surface area (Å²) in [5.74, 6) is -0.697. The summed E-state index contributed by atoms with van der Waals surface area (Å²) in [5, 5.41) is 0. The molecule has 0 fully saturated rings. The molecule has 0 bridgehead atoms. The van der Waals surface area contributed by atoms with Crippen molar-refractivity contribution >= 4 is 30.3 Å². The maximum absolute atomic E-state index is 12.4. The molecule has 0 aliphatic carbocycles. The Morgan fingerprint density at radius 1 is 1.04 bits per heavy atom. The van der Waals surface area contributed by atoms with E-state index in [9.17, 15) is 19.2 Å². The van der Waals surface area contributed by atoms with Crippen LogP contribution in [0.25, 0.3) is 6.08 Å². The summed E-state index contributed by atoms with van der Waals surface area (Å²) in [6.07, 6.45) is 4.23. The average Bonchev–Trinajstić information content (AvgIpc) is 2.58. The number of benzene rings is 1. The standard InChI is InChI=1S/C17H20N3O4/c1-4-19(16(23)18(2)3)17(24)20(12-13-21)15(22)11-10-14-8-6-5-7-9-14/h5-11H,4,12H2,1-3H3. The smallest absolute Gasteiger partial charge is 0.330 e. The van der Waals surface area contributed by atoms with Gasteiger partial charge in [-0.2, -0.15) is 0 Å². The maximum Gasteiger partial charge on any atom is 0.335 e. The Kier molecular flexibility index (Phi) is 7.35. The SMILES string of the molecule is CCN(C(=O)N(C)C)C(=O)N(C[C]=O)C(=O)C=Cc1ccccc1. The van der Waals surface area contributed by atoms with Crippen LogP contribution in [-0.2, 0) is 9.59 Å². The highest BCUT2D eigenvalue weighted by Gasteiger charge is 2.29. The lowest BCUT2D eigenvalue weighted by molar-refractivity contribution is -0.123. The molecule has 0 heterocycles. The summed E-state index contributed by atoms with van der Waals surface area (Å²) in [5.41, 5.74) is 0.769. The van der Waals surface area contributed by atoms with Crippen molar-refractivity contribution in [3.8, 4) is 0 Å². The summed E-state index contributed by atoms with van der Waals surface area (Å²) >= 11 is 0. The predicted octanol–water partition coefficient (Wildman–Crippen LogP) is 1.76. The van der Waals surface area contributed by atoms with Gasteiger partial charge < -0.3 is 4.90 Å². The van der Waals surface area contributed by atoms with Gasteiger partial charge in [-0.15, -0.1) is 0 Å². The van der Waals surface area contributed by atoms with E-state index in [2.05, 4.69) is 0 Å². The van der Waals surface area contributed by atoms with Crippen LogP contribution in [0.2, 0.25) is 0 Å². The van der Waals surface area contributed by atoms with Crippen LogP contribution in [0.15, 0.2) is 36.4 Å². The van der Waals surface area contributed by atoms with Crippen LogP contribution >= 0.6 is 0 Å². The number of urea groups is 2.